The fourth-order valence-electron chi connectivity index (χ4n) is 3.47. The van der Waals surface area contributed by atoms with Crippen molar-refractivity contribution in [2.75, 3.05) is 0 Å². The summed E-state index contributed by atoms with van der Waals surface area (Å²) in [5.74, 6) is 0.272. The average Bonchev–Trinajstić information content (AvgIpc) is 2.76. The summed E-state index contributed by atoms with van der Waals surface area (Å²) < 4.78 is 12.6. The van der Waals surface area contributed by atoms with Crippen LogP contribution >= 0.6 is 0 Å². The zero-order chi connectivity index (χ0) is 22.2. The van der Waals surface area contributed by atoms with Crippen molar-refractivity contribution in [2.24, 2.45) is 0 Å². The van der Waals surface area contributed by atoms with Crippen molar-refractivity contribution in [1.29, 1.82) is 0 Å². The van der Waals surface area contributed by atoms with Gasteiger partial charge in [-0.25, -0.2) is 9.36 Å². The van der Waals surface area contributed by atoms with Crippen LogP contribution in [0.4, 0.5) is 0 Å². The summed E-state index contributed by atoms with van der Waals surface area (Å²) in [7, 11) is 0. The molecular weight excluding hydrogens is 390 g/mol. The summed E-state index contributed by atoms with van der Waals surface area (Å²) in [4.78, 5) is 26.3. The maximum absolute atomic E-state index is 13.4. The second-order valence-corrected chi connectivity index (χ2v) is 8.34. The Kier molecular flexibility index (Phi) is 5.27. The molecule has 0 saturated heterocycles. The SMILES string of the molecule is CCC(C)(C)c1ccc(Oc2ccccc2)c(-n2c(=O)oc3ccc(C)cc3c2=O)c1. The minimum atomic E-state index is -0.745. The van der Waals surface area contributed by atoms with Gasteiger partial charge in [-0.05, 0) is 60.7 Å². The Morgan fingerprint density at radius 1 is 0.968 bits per heavy atom. The van der Waals surface area contributed by atoms with Crippen molar-refractivity contribution < 1.29 is 9.15 Å². The van der Waals surface area contributed by atoms with Gasteiger partial charge in [-0.1, -0.05) is 56.7 Å². The smallest absolute Gasteiger partial charge is 0.427 e. The summed E-state index contributed by atoms with van der Waals surface area (Å²) in [6, 6.07) is 20.1. The van der Waals surface area contributed by atoms with Crippen LogP contribution in [0.1, 0.15) is 38.3 Å². The number of nitrogens with zero attached hydrogens (tertiary/aromatic N) is 1. The molecule has 5 nitrogen and oxygen atoms in total. The third-order valence-electron chi connectivity index (χ3n) is 5.78. The van der Waals surface area contributed by atoms with Crippen molar-refractivity contribution in [3.63, 3.8) is 0 Å². The molecule has 1 heterocycles. The highest BCUT2D eigenvalue weighted by Gasteiger charge is 2.23. The first-order chi connectivity index (χ1) is 14.8. The van der Waals surface area contributed by atoms with Crippen LogP contribution in [0.5, 0.6) is 11.5 Å². The number of benzene rings is 3. The van der Waals surface area contributed by atoms with Gasteiger partial charge >= 0.3 is 5.76 Å². The van der Waals surface area contributed by atoms with Crippen LogP contribution < -0.4 is 16.1 Å². The highest BCUT2D eigenvalue weighted by atomic mass is 16.5. The summed E-state index contributed by atoms with van der Waals surface area (Å²) in [6.07, 6.45) is 0.895. The van der Waals surface area contributed by atoms with Gasteiger partial charge in [0.1, 0.15) is 11.3 Å². The largest absolute Gasteiger partial charge is 0.455 e. The zero-order valence-electron chi connectivity index (χ0n) is 18.1. The number of ether oxygens (including phenoxy) is 1. The molecule has 0 spiro atoms. The Morgan fingerprint density at radius 3 is 2.42 bits per heavy atom. The molecule has 0 amide bonds. The van der Waals surface area contributed by atoms with Crippen LogP contribution in [0.15, 0.2) is 80.7 Å². The van der Waals surface area contributed by atoms with Crippen molar-refractivity contribution in [1.82, 2.24) is 4.57 Å². The van der Waals surface area contributed by atoms with E-state index in [0.29, 0.717) is 22.6 Å². The molecule has 0 saturated carbocycles. The van der Waals surface area contributed by atoms with Gasteiger partial charge < -0.3 is 9.15 Å². The quantitative estimate of drug-likeness (QED) is 0.417. The molecule has 0 radical (unpaired) electrons. The Labute approximate surface area is 180 Å². The number of aryl methyl sites for hydroxylation is 1. The van der Waals surface area contributed by atoms with Gasteiger partial charge in [0.05, 0.1) is 11.1 Å². The van der Waals surface area contributed by atoms with E-state index in [4.69, 9.17) is 9.15 Å². The molecular formula is C26H25NO4. The van der Waals surface area contributed by atoms with Crippen LogP contribution in [0, 0.1) is 6.92 Å². The lowest BCUT2D eigenvalue weighted by atomic mass is 9.82. The van der Waals surface area contributed by atoms with Crippen LogP contribution in [-0.4, -0.2) is 4.57 Å². The number of hydrogen-bond acceptors (Lipinski definition) is 4. The Morgan fingerprint density at radius 2 is 1.71 bits per heavy atom. The van der Waals surface area contributed by atoms with E-state index in [0.717, 1.165) is 22.1 Å². The van der Waals surface area contributed by atoms with Crippen LogP contribution in [0.3, 0.4) is 0 Å². The van der Waals surface area contributed by atoms with E-state index in [2.05, 4.69) is 20.8 Å². The molecule has 4 aromatic rings. The highest BCUT2D eigenvalue weighted by Crippen LogP contribution is 2.34. The summed E-state index contributed by atoms with van der Waals surface area (Å²) in [6.45, 7) is 8.24. The first-order valence-corrected chi connectivity index (χ1v) is 10.3. The van der Waals surface area contributed by atoms with Gasteiger partial charge in [0.15, 0.2) is 5.75 Å². The van der Waals surface area contributed by atoms with Crippen molar-refractivity contribution in [3.05, 3.63) is 98.8 Å². The monoisotopic (exact) mass is 415 g/mol. The van der Waals surface area contributed by atoms with Gasteiger partial charge in [0.2, 0.25) is 0 Å². The third-order valence-corrected chi connectivity index (χ3v) is 5.78. The number of para-hydroxylation sites is 1. The van der Waals surface area contributed by atoms with Crippen molar-refractivity contribution >= 4 is 11.0 Å². The molecule has 0 fully saturated rings. The molecule has 4 rings (SSSR count). The number of hydrogen-bond donors (Lipinski definition) is 0. The van der Waals surface area contributed by atoms with E-state index in [1.807, 2.05) is 55.5 Å². The second-order valence-electron chi connectivity index (χ2n) is 8.34. The molecule has 0 bridgehead atoms. The minimum absolute atomic E-state index is 0.142. The summed E-state index contributed by atoms with van der Waals surface area (Å²) in [5, 5.41) is 0.352. The molecule has 31 heavy (non-hydrogen) atoms. The minimum Gasteiger partial charge on any atom is -0.455 e. The number of fused-ring (bicyclic) bond motifs is 1. The van der Waals surface area contributed by atoms with E-state index in [1.165, 1.54) is 0 Å². The van der Waals surface area contributed by atoms with Crippen LogP contribution in [-0.2, 0) is 5.41 Å². The lowest BCUT2D eigenvalue weighted by Gasteiger charge is -2.25. The van der Waals surface area contributed by atoms with E-state index >= 15 is 0 Å². The third kappa shape index (κ3) is 3.91. The van der Waals surface area contributed by atoms with Crippen molar-refractivity contribution in [3.8, 4) is 17.2 Å². The predicted octanol–water partition coefficient (Wildman–Crippen LogP) is 5.73. The summed E-state index contributed by atoms with van der Waals surface area (Å²) >= 11 is 0. The summed E-state index contributed by atoms with van der Waals surface area (Å²) in [5.41, 5.74) is 1.97. The van der Waals surface area contributed by atoms with Crippen LogP contribution in [0.25, 0.3) is 16.7 Å². The zero-order valence-corrected chi connectivity index (χ0v) is 18.1. The molecule has 3 aromatic carbocycles. The molecule has 0 aliphatic heterocycles. The maximum atomic E-state index is 13.4. The molecule has 158 valence electrons. The van der Waals surface area contributed by atoms with Crippen LogP contribution in [0.2, 0.25) is 0 Å². The molecule has 0 N–H and O–H groups in total. The van der Waals surface area contributed by atoms with Crippen molar-refractivity contribution in [2.45, 2.75) is 39.5 Å². The Bertz CT molecular complexity index is 1360. The maximum Gasteiger partial charge on any atom is 0.427 e. The van der Waals surface area contributed by atoms with E-state index < -0.39 is 11.3 Å². The molecule has 5 heteroatoms. The van der Waals surface area contributed by atoms with Gasteiger partial charge in [-0.3, -0.25) is 4.79 Å². The molecule has 1 aromatic heterocycles. The normalized spacial score (nSPS) is 11.6. The molecule has 0 atom stereocenters. The standard InChI is InChI=1S/C26H25NO4/c1-5-26(3,4)18-12-14-23(30-19-9-7-6-8-10-19)21(16-18)27-24(28)20-15-17(2)11-13-22(20)31-25(27)29/h6-16H,5H2,1-4H3. The number of aromatic nitrogens is 1. The Balaban J connectivity index is 2.00. The van der Waals surface area contributed by atoms with Gasteiger partial charge in [-0.15, -0.1) is 0 Å². The highest BCUT2D eigenvalue weighted by molar-refractivity contribution is 5.76. The molecule has 0 unspecified atom stereocenters. The first-order valence-electron chi connectivity index (χ1n) is 10.3. The van der Waals surface area contributed by atoms with E-state index in [-0.39, 0.29) is 11.0 Å². The van der Waals surface area contributed by atoms with E-state index in [1.54, 1.807) is 18.2 Å². The lowest BCUT2D eigenvalue weighted by molar-refractivity contribution is 0.463. The first kappa shape index (κ1) is 20.7. The topological polar surface area (TPSA) is 61.4 Å². The Hall–Kier alpha value is -3.60. The van der Waals surface area contributed by atoms with Gasteiger partial charge in [0, 0.05) is 0 Å². The average molecular weight is 415 g/mol. The lowest BCUT2D eigenvalue weighted by Crippen LogP contribution is -2.31. The van der Waals surface area contributed by atoms with Gasteiger partial charge in [0.25, 0.3) is 5.56 Å². The fourth-order valence-corrected chi connectivity index (χ4v) is 3.47. The second kappa shape index (κ2) is 7.91. The predicted molar refractivity (Wildman–Crippen MR) is 123 cm³/mol. The molecule has 0 aliphatic carbocycles. The number of rotatable bonds is 5. The molecule has 0 aliphatic rings. The van der Waals surface area contributed by atoms with Gasteiger partial charge in [-0.2, -0.15) is 0 Å². The van der Waals surface area contributed by atoms with E-state index in [9.17, 15) is 9.59 Å². The fraction of sp³-hybridized carbons (Fsp3) is 0.231.